The molecule has 3 rings (SSSR count). The Kier molecular flexibility index (Phi) is 4.93. The quantitative estimate of drug-likeness (QED) is 0.701. The smallest absolute Gasteiger partial charge is 0.261 e. The van der Waals surface area contributed by atoms with Crippen molar-refractivity contribution in [1.29, 1.82) is 0 Å². The standard InChI is InChI=1S/C21H23N3O2S/c1-14(2)19-13-24(20-16(4)11-15(3)12-17(20)5)22-21(19)23-27(25,26)18-9-7-6-8-10-18/h6-13H,1H2,2-5H3,(H,22,23). The molecule has 5 nitrogen and oxygen atoms in total. The number of rotatable bonds is 5. The normalized spacial score (nSPS) is 11.4. The van der Waals surface area contributed by atoms with Gasteiger partial charge in [0, 0.05) is 11.8 Å². The highest BCUT2D eigenvalue weighted by Crippen LogP contribution is 2.28. The number of nitrogens with zero attached hydrogens (tertiary/aromatic N) is 2. The van der Waals surface area contributed by atoms with Crippen LogP contribution in [0, 0.1) is 20.8 Å². The molecule has 0 aliphatic carbocycles. The third kappa shape index (κ3) is 3.80. The molecule has 140 valence electrons. The molecule has 0 saturated carbocycles. The lowest BCUT2D eigenvalue weighted by molar-refractivity contribution is 0.601. The summed E-state index contributed by atoms with van der Waals surface area (Å²) in [5, 5.41) is 4.53. The second-order valence-electron chi connectivity index (χ2n) is 6.78. The van der Waals surface area contributed by atoms with Gasteiger partial charge in [0.15, 0.2) is 5.82 Å². The first-order chi connectivity index (χ1) is 12.7. The van der Waals surface area contributed by atoms with Gasteiger partial charge in [0.1, 0.15) is 0 Å². The van der Waals surface area contributed by atoms with Gasteiger partial charge in [-0.05, 0) is 56.5 Å². The fourth-order valence-electron chi connectivity index (χ4n) is 3.20. The van der Waals surface area contributed by atoms with E-state index < -0.39 is 10.0 Å². The van der Waals surface area contributed by atoms with Crippen molar-refractivity contribution in [2.24, 2.45) is 0 Å². The highest BCUT2D eigenvalue weighted by Gasteiger charge is 2.20. The lowest BCUT2D eigenvalue weighted by Gasteiger charge is -2.11. The fourth-order valence-corrected chi connectivity index (χ4v) is 4.23. The molecule has 3 aromatic rings. The van der Waals surface area contributed by atoms with Gasteiger partial charge in [-0.2, -0.15) is 0 Å². The summed E-state index contributed by atoms with van der Waals surface area (Å²) in [4.78, 5) is 0.190. The van der Waals surface area contributed by atoms with Crippen LogP contribution in [0.2, 0.25) is 0 Å². The summed E-state index contributed by atoms with van der Waals surface area (Å²) in [6.45, 7) is 11.9. The van der Waals surface area contributed by atoms with Crippen LogP contribution in [0.3, 0.4) is 0 Å². The lowest BCUT2D eigenvalue weighted by atomic mass is 10.1. The van der Waals surface area contributed by atoms with Crippen LogP contribution in [0.1, 0.15) is 29.2 Å². The molecule has 1 N–H and O–H groups in total. The highest BCUT2D eigenvalue weighted by atomic mass is 32.2. The zero-order valence-electron chi connectivity index (χ0n) is 15.9. The van der Waals surface area contributed by atoms with Crippen LogP contribution >= 0.6 is 0 Å². The first kappa shape index (κ1) is 18.9. The number of benzene rings is 2. The summed E-state index contributed by atoms with van der Waals surface area (Å²) in [7, 11) is -3.73. The molecule has 6 heteroatoms. The van der Waals surface area contributed by atoms with E-state index in [1.165, 1.54) is 5.56 Å². The Bertz CT molecular complexity index is 1090. The molecule has 0 fully saturated rings. The SMILES string of the molecule is C=C(C)c1cn(-c2c(C)cc(C)cc2C)nc1NS(=O)(=O)c1ccccc1. The summed E-state index contributed by atoms with van der Waals surface area (Å²) in [6, 6.07) is 12.4. The predicted octanol–water partition coefficient (Wildman–Crippen LogP) is 4.63. The van der Waals surface area contributed by atoms with Crippen LogP contribution in [0.15, 0.2) is 60.1 Å². The van der Waals surface area contributed by atoms with Gasteiger partial charge < -0.3 is 0 Å². The van der Waals surface area contributed by atoms with E-state index in [9.17, 15) is 8.42 Å². The van der Waals surface area contributed by atoms with Crippen LogP contribution in [-0.4, -0.2) is 18.2 Å². The van der Waals surface area contributed by atoms with Crippen LogP contribution in [0.5, 0.6) is 0 Å². The molecule has 0 aliphatic rings. The van der Waals surface area contributed by atoms with E-state index in [1.54, 1.807) is 35.0 Å². The third-order valence-corrected chi connectivity index (χ3v) is 5.68. The van der Waals surface area contributed by atoms with E-state index in [0.717, 1.165) is 22.4 Å². The minimum atomic E-state index is -3.73. The fraction of sp³-hybridized carbons (Fsp3) is 0.190. The van der Waals surface area contributed by atoms with Crippen molar-refractivity contribution in [3.63, 3.8) is 0 Å². The summed E-state index contributed by atoms with van der Waals surface area (Å²) >= 11 is 0. The van der Waals surface area contributed by atoms with E-state index in [-0.39, 0.29) is 10.7 Å². The van der Waals surface area contributed by atoms with E-state index in [0.29, 0.717) is 5.56 Å². The molecular weight excluding hydrogens is 358 g/mol. The third-order valence-electron chi connectivity index (χ3n) is 4.32. The van der Waals surface area contributed by atoms with Crippen molar-refractivity contribution in [3.05, 3.63) is 77.5 Å². The van der Waals surface area contributed by atoms with Crippen molar-refractivity contribution >= 4 is 21.4 Å². The summed E-state index contributed by atoms with van der Waals surface area (Å²) < 4.78 is 29.7. The maximum absolute atomic E-state index is 12.7. The maximum atomic E-state index is 12.7. The summed E-state index contributed by atoms with van der Waals surface area (Å²) in [6.07, 6.45) is 1.82. The number of aromatic nitrogens is 2. The van der Waals surface area contributed by atoms with E-state index in [1.807, 2.05) is 33.9 Å². The van der Waals surface area contributed by atoms with Crippen molar-refractivity contribution in [3.8, 4) is 5.69 Å². The van der Waals surface area contributed by atoms with Crippen LogP contribution in [0.4, 0.5) is 5.82 Å². The number of hydrogen-bond acceptors (Lipinski definition) is 3. The topological polar surface area (TPSA) is 64.0 Å². The molecule has 0 amide bonds. The van der Waals surface area contributed by atoms with Crippen LogP contribution < -0.4 is 4.72 Å². The first-order valence-corrected chi connectivity index (χ1v) is 10.1. The van der Waals surface area contributed by atoms with E-state index in [4.69, 9.17) is 0 Å². The largest absolute Gasteiger partial charge is 0.263 e. The average molecular weight is 382 g/mol. The summed E-state index contributed by atoms with van der Waals surface area (Å²) in [5.41, 5.74) is 5.64. The van der Waals surface area contributed by atoms with Gasteiger partial charge in [0.05, 0.1) is 10.6 Å². The van der Waals surface area contributed by atoms with Crippen molar-refractivity contribution in [2.75, 3.05) is 4.72 Å². The Hall–Kier alpha value is -2.86. The average Bonchev–Trinajstić information content (AvgIpc) is 2.97. The second-order valence-corrected chi connectivity index (χ2v) is 8.46. The monoisotopic (exact) mass is 381 g/mol. The molecule has 0 saturated heterocycles. The lowest BCUT2D eigenvalue weighted by Crippen LogP contribution is -2.14. The number of sulfonamides is 1. The zero-order chi connectivity index (χ0) is 19.8. The maximum Gasteiger partial charge on any atom is 0.263 e. The van der Waals surface area contributed by atoms with Crippen LogP contribution in [0.25, 0.3) is 11.3 Å². The van der Waals surface area contributed by atoms with Gasteiger partial charge in [0.25, 0.3) is 10.0 Å². The predicted molar refractivity (Wildman–Crippen MR) is 110 cm³/mol. The van der Waals surface area contributed by atoms with Gasteiger partial charge in [-0.25, -0.2) is 13.1 Å². The Labute approximate surface area is 160 Å². The van der Waals surface area contributed by atoms with Crippen molar-refractivity contribution < 1.29 is 8.42 Å². The second kappa shape index (κ2) is 7.04. The Balaban J connectivity index is 2.09. The number of anilines is 1. The van der Waals surface area contributed by atoms with Gasteiger partial charge in [-0.1, -0.05) is 42.5 Å². The minimum absolute atomic E-state index is 0.190. The number of allylic oxidation sites excluding steroid dienone is 1. The molecule has 1 heterocycles. The van der Waals surface area contributed by atoms with Gasteiger partial charge in [-0.3, -0.25) is 4.72 Å². The highest BCUT2D eigenvalue weighted by molar-refractivity contribution is 7.92. The van der Waals surface area contributed by atoms with Gasteiger partial charge in [0.2, 0.25) is 0 Å². The molecular formula is C21H23N3O2S. The number of hydrogen-bond donors (Lipinski definition) is 1. The van der Waals surface area contributed by atoms with Crippen LogP contribution in [-0.2, 0) is 10.0 Å². The van der Waals surface area contributed by atoms with Gasteiger partial charge >= 0.3 is 0 Å². The Morgan fingerprint density at radius 2 is 1.67 bits per heavy atom. The van der Waals surface area contributed by atoms with Gasteiger partial charge in [-0.15, -0.1) is 5.10 Å². The molecule has 0 spiro atoms. The number of nitrogens with one attached hydrogen (secondary N) is 1. The van der Waals surface area contributed by atoms with E-state index >= 15 is 0 Å². The van der Waals surface area contributed by atoms with E-state index in [2.05, 4.69) is 28.5 Å². The zero-order valence-corrected chi connectivity index (χ0v) is 16.8. The molecule has 0 radical (unpaired) electrons. The molecule has 0 unspecified atom stereocenters. The number of aryl methyl sites for hydroxylation is 3. The first-order valence-electron chi connectivity index (χ1n) is 8.60. The molecule has 0 aliphatic heterocycles. The van der Waals surface area contributed by atoms with Crippen molar-refractivity contribution in [2.45, 2.75) is 32.6 Å². The molecule has 0 bridgehead atoms. The molecule has 2 aromatic carbocycles. The molecule has 27 heavy (non-hydrogen) atoms. The minimum Gasteiger partial charge on any atom is -0.261 e. The molecule has 1 aromatic heterocycles. The Morgan fingerprint density at radius 3 is 2.22 bits per heavy atom. The van der Waals surface area contributed by atoms with Crippen molar-refractivity contribution in [1.82, 2.24) is 9.78 Å². The summed E-state index contributed by atoms with van der Waals surface area (Å²) in [5.74, 6) is 0.269. The molecule has 0 atom stereocenters. The Morgan fingerprint density at radius 1 is 1.07 bits per heavy atom.